The summed E-state index contributed by atoms with van der Waals surface area (Å²) in [6, 6.07) is 4.81. The molecule has 0 fully saturated rings. The Morgan fingerprint density at radius 2 is 2.14 bits per heavy atom. The molecule has 0 amide bonds. The van der Waals surface area contributed by atoms with E-state index in [0.29, 0.717) is 12.6 Å². The van der Waals surface area contributed by atoms with Crippen molar-refractivity contribution in [2.75, 3.05) is 6.61 Å². The van der Waals surface area contributed by atoms with Crippen molar-refractivity contribution in [2.24, 2.45) is 0 Å². The third-order valence-corrected chi connectivity index (χ3v) is 2.18. The van der Waals surface area contributed by atoms with E-state index in [1.807, 2.05) is 6.92 Å². The lowest BCUT2D eigenvalue weighted by atomic mass is 10.1. The summed E-state index contributed by atoms with van der Waals surface area (Å²) in [6.45, 7) is 6.72. The van der Waals surface area contributed by atoms with Gasteiger partial charge in [0.2, 0.25) is 0 Å². The number of ether oxygens (including phenoxy) is 1. The number of nitrogens with one attached hydrogen (secondary N) is 1. The minimum absolute atomic E-state index is 0.608. The molecule has 0 aliphatic heterocycles. The van der Waals surface area contributed by atoms with Gasteiger partial charge in [0, 0.05) is 0 Å². The van der Waals surface area contributed by atoms with Gasteiger partial charge in [-0.1, -0.05) is 6.07 Å². The molecule has 0 spiro atoms. The van der Waals surface area contributed by atoms with Crippen LogP contribution in [0.25, 0.3) is 11.0 Å². The van der Waals surface area contributed by atoms with Crippen LogP contribution in [0.1, 0.15) is 18.1 Å². The van der Waals surface area contributed by atoms with E-state index in [4.69, 9.17) is 4.74 Å². The lowest BCUT2D eigenvalue weighted by Gasteiger charge is -1.95. The normalized spacial score (nSPS) is 10.8. The summed E-state index contributed by atoms with van der Waals surface area (Å²) in [6.07, 6.45) is 0. The first-order chi connectivity index (χ1) is 6.70. The van der Waals surface area contributed by atoms with E-state index in [1.165, 1.54) is 11.1 Å². The maximum absolute atomic E-state index is 5.32. The Bertz CT molecular complexity index is 460. The summed E-state index contributed by atoms with van der Waals surface area (Å²) in [5, 5.41) is 0. The van der Waals surface area contributed by atoms with Crippen LogP contribution in [0.5, 0.6) is 6.01 Å². The number of rotatable bonds is 2. The first kappa shape index (κ1) is 9.06. The molecule has 0 aliphatic carbocycles. The molecule has 0 atom stereocenters. The maximum atomic E-state index is 5.32. The number of aromatic amines is 1. The van der Waals surface area contributed by atoms with Gasteiger partial charge in [-0.3, -0.25) is 0 Å². The molecule has 0 saturated carbocycles. The molecule has 0 unspecified atom stereocenters. The first-order valence-electron chi connectivity index (χ1n) is 4.80. The molecule has 0 saturated heterocycles. The number of aromatic nitrogens is 2. The van der Waals surface area contributed by atoms with Crippen molar-refractivity contribution < 1.29 is 4.74 Å². The zero-order valence-corrected chi connectivity index (χ0v) is 8.72. The van der Waals surface area contributed by atoms with E-state index >= 15 is 0 Å². The van der Waals surface area contributed by atoms with Crippen molar-refractivity contribution in [1.82, 2.24) is 9.97 Å². The molecule has 14 heavy (non-hydrogen) atoms. The third kappa shape index (κ3) is 1.45. The Kier molecular flexibility index (Phi) is 2.15. The highest BCUT2D eigenvalue weighted by atomic mass is 16.5. The van der Waals surface area contributed by atoms with E-state index in [1.54, 1.807) is 0 Å². The standard InChI is InChI=1S/C11H14N2O/c1-4-14-11-12-9-6-7(2)5-8(3)10(9)13-11/h5-6H,4H2,1-3H3,(H,12,13). The second-order valence-corrected chi connectivity index (χ2v) is 3.45. The monoisotopic (exact) mass is 190 g/mol. The van der Waals surface area contributed by atoms with Crippen molar-refractivity contribution in [1.29, 1.82) is 0 Å². The molecule has 0 aliphatic rings. The second kappa shape index (κ2) is 3.33. The lowest BCUT2D eigenvalue weighted by molar-refractivity contribution is 0.317. The van der Waals surface area contributed by atoms with Crippen molar-refractivity contribution in [3.8, 4) is 6.01 Å². The SMILES string of the molecule is CCOc1nc2c(C)cc(C)cc2[nH]1. The van der Waals surface area contributed by atoms with E-state index in [9.17, 15) is 0 Å². The van der Waals surface area contributed by atoms with Gasteiger partial charge in [-0.25, -0.2) is 0 Å². The molecule has 0 radical (unpaired) electrons. The number of aryl methyl sites for hydroxylation is 2. The number of hydrogen-bond donors (Lipinski definition) is 1. The van der Waals surface area contributed by atoms with Crippen LogP contribution >= 0.6 is 0 Å². The first-order valence-corrected chi connectivity index (χ1v) is 4.80. The maximum Gasteiger partial charge on any atom is 0.294 e. The van der Waals surface area contributed by atoms with Gasteiger partial charge in [-0.15, -0.1) is 0 Å². The number of hydrogen-bond acceptors (Lipinski definition) is 2. The van der Waals surface area contributed by atoms with Crippen LogP contribution in [0, 0.1) is 13.8 Å². The summed E-state index contributed by atoms with van der Waals surface area (Å²) in [4.78, 5) is 7.51. The fourth-order valence-corrected chi connectivity index (χ4v) is 1.65. The molecule has 2 aromatic rings. The van der Waals surface area contributed by atoms with Crippen LogP contribution < -0.4 is 4.74 Å². The van der Waals surface area contributed by atoms with Gasteiger partial charge in [0.05, 0.1) is 17.6 Å². The Morgan fingerprint density at radius 1 is 1.36 bits per heavy atom. The van der Waals surface area contributed by atoms with E-state index < -0.39 is 0 Å². The molecule has 1 heterocycles. The summed E-state index contributed by atoms with van der Waals surface area (Å²) in [5.74, 6) is 0. The molecule has 3 heteroatoms. The van der Waals surface area contributed by atoms with Gasteiger partial charge >= 0.3 is 0 Å². The fraction of sp³-hybridized carbons (Fsp3) is 0.364. The zero-order valence-electron chi connectivity index (χ0n) is 8.72. The summed E-state index contributed by atoms with van der Waals surface area (Å²) in [7, 11) is 0. The Morgan fingerprint density at radius 3 is 2.86 bits per heavy atom. The minimum Gasteiger partial charge on any atom is -0.465 e. The van der Waals surface area contributed by atoms with Crippen LogP contribution in [0.3, 0.4) is 0 Å². The molecule has 0 bridgehead atoms. The summed E-state index contributed by atoms with van der Waals surface area (Å²) in [5.41, 5.74) is 4.47. The van der Waals surface area contributed by atoms with Gasteiger partial charge in [0.1, 0.15) is 0 Å². The fourth-order valence-electron chi connectivity index (χ4n) is 1.65. The Balaban J connectivity index is 2.58. The average molecular weight is 190 g/mol. The largest absolute Gasteiger partial charge is 0.465 e. The molecular weight excluding hydrogens is 176 g/mol. The van der Waals surface area contributed by atoms with Gasteiger partial charge < -0.3 is 9.72 Å². The number of H-pyrrole nitrogens is 1. The van der Waals surface area contributed by atoms with Crippen molar-refractivity contribution in [2.45, 2.75) is 20.8 Å². The topological polar surface area (TPSA) is 37.9 Å². The van der Waals surface area contributed by atoms with Gasteiger partial charge in [-0.05, 0) is 38.0 Å². The van der Waals surface area contributed by atoms with Crippen LogP contribution in [0.4, 0.5) is 0 Å². The molecule has 1 aromatic carbocycles. The lowest BCUT2D eigenvalue weighted by Crippen LogP contribution is -1.92. The van der Waals surface area contributed by atoms with Gasteiger partial charge in [0.15, 0.2) is 0 Å². The quantitative estimate of drug-likeness (QED) is 0.790. The molecule has 1 aromatic heterocycles. The predicted molar refractivity (Wildman–Crippen MR) is 56.7 cm³/mol. The minimum atomic E-state index is 0.608. The van der Waals surface area contributed by atoms with Crippen LogP contribution in [0.2, 0.25) is 0 Å². The average Bonchev–Trinajstić information content (AvgIpc) is 2.48. The molecule has 1 N–H and O–H groups in total. The van der Waals surface area contributed by atoms with Crippen LogP contribution in [0.15, 0.2) is 12.1 Å². The molecular formula is C11H14N2O. The van der Waals surface area contributed by atoms with Crippen LogP contribution in [-0.2, 0) is 0 Å². The smallest absolute Gasteiger partial charge is 0.294 e. The van der Waals surface area contributed by atoms with E-state index in [2.05, 4.69) is 35.9 Å². The number of fused-ring (bicyclic) bond motifs is 1. The third-order valence-electron chi connectivity index (χ3n) is 2.18. The molecule has 74 valence electrons. The van der Waals surface area contributed by atoms with E-state index in [0.717, 1.165) is 11.0 Å². The predicted octanol–water partition coefficient (Wildman–Crippen LogP) is 2.58. The summed E-state index contributed by atoms with van der Waals surface area (Å²) >= 11 is 0. The van der Waals surface area contributed by atoms with Gasteiger partial charge in [0.25, 0.3) is 6.01 Å². The Labute approximate surface area is 83.1 Å². The zero-order chi connectivity index (χ0) is 10.1. The number of imidazole rings is 1. The second-order valence-electron chi connectivity index (χ2n) is 3.45. The van der Waals surface area contributed by atoms with Crippen LogP contribution in [-0.4, -0.2) is 16.6 Å². The van der Waals surface area contributed by atoms with Crippen molar-refractivity contribution >= 4 is 11.0 Å². The summed E-state index contributed by atoms with van der Waals surface area (Å²) < 4.78 is 5.32. The van der Waals surface area contributed by atoms with Crippen molar-refractivity contribution in [3.05, 3.63) is 23.3 Å². The molecule has 2 rings (SSSR count). The van der Waals surface area contributed by atoms with Gasteiger partial charge in [-0.2, -0.15) is 4.98 Å². The van der Waals surface area contributed by atoms with E-state index in [-0.39, 0.29) is 0 Å². The molecule has 3 nitrogen and oxygen atoms in total. The van der Waals surface area contributed by atoms with Crippen molar-refractivity contribution in [3.63, 3.8) is 0 Å². The highest BCUT2D eigenvalue weighted by Gasteiger charge is 2.05. The Hall–Kier alpha value is -1.51. The highest BCUT2D eigenvalue weighted by molar-refractivity contribution is 5.80. The highest BCUT2D eigenvalue weighted by Crippen LogP contribution is 2.20. The number of benzene rings is 1. The number of nitrogens with zero attached hydrogens (tertiary/aromatic N) is 1.